The molecule has 7 atom stereocenters. The second-order valence-electron chi connectivity index (χ2n) is 19.7. The molecule has 8 nitrogen and oxygen atoms in total. The molecule has 1 heterocycles. The van der Waals surface area contributed by atoms with E-state index >= 15 is 0 Å². The number of nitrogens with zero attached hydrogens (tertiary/aromatic N) is 2. The Labute approximate surface area is 318 Å². The van der Waals surface area contributed by atoms with Crippen molar-refractivity contribution < 1.29 is 28.3 Å². The minimum absolute atomic E-state index is 0.00980. The zero-order valence-electron chi connectivity index (χ0n) is 35.9. The molecule has 0 bridgehead atoms. The van der Waals surface area contributed by atoms with Crippen molar-refractivity contribution >= 4 is 39.4 Å². The molecule has 1 aliphatic carbocycles. The molecule has 0 spiro atoms. The number of esters is 1. The predicted octanol–water partition coefficient (Wildman–Crippen LogP) is 10.3. The monoisotopic (exact) mass is 759 g/mol. The van der Waals surface area contributed by atoms with E-state index in [2.05, 4.69) is 90.3 Å². The molecule has 1 N–H and O–H groups in total. The number of aliphatic hydroxyl groups excluding tert-OH is 1. The summed E-state index contributed by atoms with van der Waals surface area (Å²) in [7, 11) is -1.15. The van der Waals surface area contributed by atoms with E-state index in [1.807, 2.05) is 46.9 Å². The highest BCUT2D eigenvalue weighted by Gasteiger charge is 2.50. The van der Waals surface area contributed by atoms with Crippen LogP contribution in [0.25, 0.3) is 11.0 Å². The van der Waals surface area contributed by atoms with E-state index in [9.17, 15) is 14.7 Å². The Morgan fingerprint density at radius 1 is 0.962 bits per heavy atom. The van der Waals surface area contributed by atoms with Gasteiger partial charge in [-0.1, -0.05) is 88.1 Å². The summed E-state index contributed by atoms with van der Waals surface area (Å²) in [5, 5.41) is 11.0. The standard InChI is InChI=1S/C42H74N2O6Si2/c1-27(19-18-20-30-23-32(30)25-35(45)31-21-22-34-33(24-31)43-29(3)44(34)12)38(50-52(16,17)41(7,8)9)28(2)39(47)42(10,11)36(26-37(46)48-13)49-51(14,15)40(4,5)6/h21-22,24,27-28,30,32,35-36,38,45H,18-20,23,25-26H2,1-17H3/t27-,28+,30-,32-,35+,36-,38-/m0/s1. The third-order valence-electron chi connectivity index (χ3n) is 13.3. The Balaban J connectivity index is 1.72. The molecule has 0 radical (unpaired) electrons. The van der Waals surface area contributed by atoms with Gasteiger partial charge in [-0.25, -0.2) is 4.98 Å². The number of imidazole rings is 1. The number of benzene rings is 1. The lowest BCUT2D eigenvalue weighted by atomic mass is 9.73. The molecule has 0 unspecified atom stereocenters. The zero-order chi connectivity index (χ0) is 39.8. The number of carbonyl (C=O) groups is 2. The van der Waals surface area contributed by atoms with Gasteiger partial charge in [-0.3, -0.25) is 9.59 Å². The number of rotatable bonds is 18. The number of aromatic nitrogens is 2. The van der Waals surface area contributed by atoms with Gasteiger partial charge in [0.25, 0.3) is 0 Å². The number of aryl methyl sites for hydroxylation is 2. The van der Waals surface area contributed by atoms with Gasteiger partial charge in [0.1, 0.15) is 11.6 Å². The lowest BCUT2D eigenvalue weighted by molar-refractivity contribution is -0.148. The molecule has 1 saturated carbocycles. The van der Waals surface area contributed by atoms with Crippen molar-refractivity contribution in [3.63, 3.8) is 0 Å². The summed E-state index contributed by atoms with van der Waals surface area (Å²) in [6.07, 6.45) is 3.76. The number of methoxy groups -OCH3 is 1. The number of aliphatic hydroxyl groups is 1. The molecule has 2 aromatic rings. The van der Waals surface area contributed by atoms with E-state index in [0.29, 0.717) is 11.8 Å². The summed E-state index contributed by atoms with van der Waals surface area (Å²) in [5.74, 6) is 1.61. The number of ether oxygens (including phenoxy) is 1. The van der Waals surface area contributed by atoms with Gasteiger partial charge in [0.15, 0.2) is 16.6 Å². The molecule has 52 heavy (non-hydrogen) atoms. The van der Waals surface area contributed by atoms with Crippen molar-refractivity contribution in [1.82, 2.24) is 9.55 Å². The lowest BCUT2D eigenvalue weighted by Crippen LogP contribution is -2.54. The van der Waals surface area contributed by atoms with Crippen LogP contribution in [-0.2, 0) is 30.2 Å². The quantitative estimate of drug-likeness (QED) is 0.119. The molecule has 10 heteroatoms. The van der Waals surface area contributed by atoms with Gasteiger partial charge < -0.3 is 23.3 Å². The van der Waals surface area contributed by atoms with Crippen molar-refractivity contribution in [1.29, 1.82) is 0 Å². The predicted molar refractivity (Wildman–Crippen MR) is 218 cm³/mol. The van der Waals surface area contributed by atoms with Gasteiger partial charge >= 0.3 is 5.97 Å². The summed E-state index contributed by atoms with van der Waals surface area (Å²) >= 11 is 0. The highest BCUT2D eigenvalue weighted by molar-refractivity contribution is 6.74. The minimum Gasteiger partial charge on any atom is -0.469 e. The van der Waals surface area contributed by atoms with Crippen LogP contribution in [0.3, 0.4) is 0 Å². The van der Waals surface area contributed by atoms with Crippen molar-refractivity contribution in [3.05, 3.63) is 29.6 Å². The molecule has 1 aromatic carbocycles. The van der Waals surface area contributed by atoms with Crippen molar-refractivity contribution in [3.8, 4) is 0 Å². The molecule has 0 amide bonds. The second-order valence-corrected chi connectivity index (χ2v) is 29.3. The van der Waals surface area contributed by atoms with Gasteiger partial charge in [0.05, 0.1) is 42.9 Å². The molecule has 0 saturated heterocycles. The van der Waals surface area contributed by atoms with Crippen LogP contribution in [0.1, 0.15) is 125 Å². The normalized spacial score (nSPS) is 20.3. The van der Waals surface area contributed by atoms with E-state index in [1.165, 1.54) is 7.11 Å². The van der Waals surface area contributed by atoms with Gasteiger partial charge in [-0.15, -0.1) is 0 Å². The Morgan fingerprint density at radius 3 is 2.10 bits per heavy atom. The third-order valence-corrected chi connectivity index (χ3v) is 22.3. The Morgan fingerprint density at radius 2 is 1.54 bits per heavy atom. The summed E-state index contributed by atoms with van der Waals surface area (Å²) in [6.45, 7) is 32.3. The molecule has 296 valence electrons. The van der Waals surface area contributed by atoms with Crippen LogP contribution in [0.5, 0.6) is 0 Å². The van der Waals surface area contributed by atoms with Crippen molar-refractivity contribution in [2.45, 2.75) is 169 Å². The van der Waals surface area contributed by atoms with Crippen LogP contribution < -0.4 is 0 Å². The van der Waals surface area contributed by atoms with Gasteiger partial charge in [0, 0.05) is 18.4 Å². The average Bonchev–Trinajstić information content (AvgIpc) is 3.70. The molecule has 1 fully saturated rings. The molecule has 3 rings (SSSR count). The maximum atomic E-state index is 14.7. The summed E-state index contributed by atoms with van der Waals surface area (Å²) < 4.78 is 21.2. The first kappa shape index (κ1) is 44.5. The molecule has 1 aromatic heterocycles. The molecular weight excluding hydrogens is 685 g/mol. The Hall–Kier alpha value is -1.86. The number of ketones is 1. The van der Waals surface area contributed by atoms with E-state index in [-0.39, 0.29) is 46.2 Å². The number of hydrogen-bond donors (Lipinski definition) is 1. The fraction of sp³-hybridized carbons (Fsp3) is 0.786. The van der Waals surface area contributed by atoms with E-state index in [1.54, 1.807) is 0 Å². The lowest BCUT2D eigenvalue weighted by Gasteiger charge is -2.46. The zero-order valence-corrected chi connectivity index (χ0v) is 37.9. The minimum atomic E-state index is -2.32. The maximum absolute atomic E-state index is 14.7. The topological polar surface area (TPSA) is 99.9 Å². The van der Waals surface area contributed by atoms with E-state index in [4.69, 9.17) is 13.6 Å². The first-order valence-corrected chi connectivity index (χ1v) is 25.5. The summed E-state index contributed by atoms with van der Waals surface area (Å²) in [6, 6.07) is 6.14. The largest absolute Gasteiger partial charge is 0.469 e. The first-order valence-electron chi connectivity index (χ1n) is 19.7. The summed E-state index contributed by atoms with van der Waals surface area (Å²) in [5.41, 5.74) is 2.04. The molecule has 1 aliphatic rings. The van der Waals surface area contributed by atoms with Crippen LogP contribution in [0.4, 0.5) is 0 Å². The first-order chi connectivity index (χ1) is 23.6. The Bertz CT molecular complexity index is 1540. The molecular formula is C42H74N2O6Si2. The van der Waals surface area contributed by atoms with Crippen LogP contribution in [0.15, 0.2) is 18.2 Å². The third kappa shape index (κ3) is 10.5. The van der Waals surface area contributed by atoms with Gasteiger partial charge in [-0.2, -0.15) is 0 Å². The smallest absolute Gasteiger partial charge is 0.308 e. The van der Waals surface area contributed by atoms with E-state index in [0.717, 1.165) is 54.5 Å². The SMILES string of the molecule is COC(=O)C[C@H](O[Si](C)(C)C(C)(C)C)C(C)(C)C(=O)[C@H](C)[C@@H](O[Si](C)(C)C(C)(C)C)[C@@H](C)CCC[C@H]1C[C@H]1C[C@@H](O)c1ccc2c(c1)nc(C)n2C. The maximum Gasteiger partial charge on any atom is 0.308 e. The van der Waals surface area contributed by atoms with E-state index < -0.39 is 34.3 Å². The second kappa shape index (κ2) is 16.5. The van der Waals surface area contributed by atoms with Crippen molar-refractivity contribution in [2.24, 2.45) is 36.1 Å². The number of hydrogen-bond acceptors (Lipinski definition) is 7. The van der Waals surface area contributed by atoms with Gasteiger partial charge in [0.2, 0.25) is 0 Å². The fourth-order valence-corrected chi connectivity index (χ4v) is 10.0. The van der Waals surface area contributed by atoms with Crippen LogP contribution in [0, 0.1) is 36.0 Å². The van der Waals surface area contributed by atoms with Crippen LogP contribution in [0.2, 0.25) is 36.3 Å². The average molecular weight is 759 g/mol. The highest BCUT2D eigenvalue weighted by Crippen LogP contribution is 2.48. The molecule has 0 aliphatic heterocycles. The van der Waals surface area contributed by atoms with Crippen molar-refractivity contribution in [2.75, 3.05) is 7.11 Å². The summed E-state index contributed by atoms with van der Waals surface area (Å²) in [4.78, 5) is 32.1. The van der Waals surface area contributed by atoms with Crippen LogP contribution >= 0.6 is 0 Å². The number of Topliss-reactive ketones (excluding diaryl/α,β-unsaturated/α-hetero) is 1. The Kier molecular flexibility index (Phi) is 14.1. The number of carbonyl (C=O) groups excluding carboxylic acids is 2. The van der Waals surface area contributed by atoms with Gasteiger partial charge in [-0.05, 0) is 97.9 Å². The van der Waals surface area contributed by atoms with Crippen LogP contribution in [-0.4, -0.2) is 62.4 Å². The number of fused-ring (bicyclic) bond motifs is 1. The fourth-order valence-electron chi connectivity index (χ4n) is 7.12. The highest BCUT2D eigenvalue weighted by atomic mass is 28.4.